The normalized spacial score (nSPS) is 12.2. The Morgan fingerprint density at radius 3 is 2.58 bits per heavy atom. The summed E-state index contributed by atoms with van der Waals surface area (Å²) in [5, 5.41) is 9.29. The standard InChI is InChI=1S/C18H19ClN4O/c1-18(2,3)16-17(23-10-6-5-7-15(23)20-16)22-21-12-8-9-14(24-4)13(19)11-12/h5-11H,1-4H3. The van der Waals surface area contributed by atoms with Gasteiger partial charge in [0.2, 0.25) is 0 Å². The molecule has 5 nitrogen and oxygen atoms in total. The van der Waals surface area contributed by atoms with E-state index < -0.39 is 0 Å². The van der Waals surface area contributed by atoms with Crippen molar-refractivity contribution in [1.29, 1.82) is 0 Å². The lowest BCUT2D eigenvalue weighted by Crippen LogP contribution is -2.11. The molecule has 0 aliphatic rings. The molecule has 0 fully saturated rings. The Bertz CT molecular complexity index is 909. The predicted octanol–water partition coefficient (Wildman–Crippen LogP) is 5.71. The fraction of sp³-hybridized carbons (Fsp3) is 0.278. The number of rotatable bonds is 3. The maximum Gasteiger partial charge on any atom is 0.183 e. The smallest absolute Gasteiger partial charge is 0.183 e. The van der Waals surface area contributed by atoms with Crippen LogP contribution in [0.25, 0.3) is 5.65 Å². The van der Waals surface area contributed by atoms with Gasteiger partial charge >= 0.3 is 0 Å². The third kappa shape index (κ3) is 3.12. The number of fused-ring (bicyclic) bond motifs is 1. The molecule has 2 heterocycles. The summed E-state index contributed by atoms with van der Waals surface area (Å²) in [5.74, 6) is 1.34. The van der Waals surface area contributed by atoms with Gasteiger partial charge in [-0.3, -0.25) is 4.40 Å². The zero-order valence-electron chi connectivity index (χ0n) is 14.1. The van der Waals surface area contributed by atoms with E-state index in [1.54, 1.807) is 19.2 Å². The highest BCUT2D eigenvalue weighted by molar-refractivity contribution is 6.32. The monoisotopic (exact) mass is 342 g/mol. The average molecular weight is 343 g/mol. The maximum absolute atomic E-state index is 6.14. The Balaban J connectivity index is 2.07. The van der Waals surface area contributed by atoms with Gasteiger partial charge in [0.1, 0.15) is 11.4 Å². The Morgan fingerprint density at radius 2 is 1.92 bits per heavy atom. The van der Waals surface area contributed by atoms with Gasteiger partial charge in [-0.2, -0.15) is 0 Å². The molecule has 2 aromatic heterocycles. The van der Waals surface area contributed by atoms with Gasteiger partial charge in [-0.1, -0.05) is 38.4 Å². The van der Waals surface area contributed by atoms with Gasteiger partial charge in [0, 0.05) is 11.6 Å². The number of halogens is 1. The number of azo groups is 1. The molecule has 0 unspecified atom stereocenters. The molecule has 24 heavy (non-hydrogen) atoms. The van der Waals surface area contributed by atoms with E-state index in [-0.39, 0.29) is 5.41 Å². The lowest BCUT2D eigenvalue weighted by Gasteiger charge is -2.15. The number of aromatic nitrogens is 2. The van der Waals surface area contributed by atoms with Crippen molar-refractivity contribution < 1.29 is 4.74 Å². The van der Waals surface area contributed by atoms with E-state index in [4.69, 9.17) is 21.3 Å². The maximum atomic E-state index is 6.14. The topological polar surface area (TPSA) is 51.2 Å². The van der Waals surface area contributed by atoms with Crippen molar-refractivity contribution in [2.75, 3.05) is 7.11 Å². The van der Waals surface area contributed by atoms with E-state index >= 15 is 0 Å². The van der Waals surface area contributed by atoms with E-state index in [0.717, 1.165) is 17.2 Å². The molecule has 0 N–H and O–H groups in total. The van der Waals surface area contributed by atoms with Crippen molar-refractivity contribution >= 4 is 28.8 Å². The first-order valence-electron chi connectivity index (χ1n) is 7.63. The number of hydrogen-bond donors (Lipinski definition) is 0. The van der Waals surface area contributed by atoms with Gasteiger partial charge in [0.15, 0.2) is 5.82 Å². The van der Waals surface area contributed by atoms with E-state index in [9.17, 15) is 0 Å². The molecule has 1 aromatic carbocycles. The summed E-state index contributed by atoms with van der Waals surface area (Å²) in [6.45, 7) is 6.33. The van der Waals surface area contributed by atoms with Gasteiger partial charge in [-0.15, -0.1) is 10.2 Å². The Labute approximate surface area is 146 Å². The summed E-state index contributed by atoms with van der Waals surface area (Å²) in [4.78, 5) is 4.70. The van der Waals surface area contributed by atoms with Crippen molar-refractivity contribution in [3.8, 4) is 5.75 Å². The second-order valence-electron chi connectivity index (χ2n) is 6.48. The van der Waals surface area contributed by atoms with Gasteiger partial charge in [0.25, 0.3) is 0 Å². The summed E-state index contributed by atoms with van der Waals surface area (Å²) < 4.78 is 7.09. The zero-order chi connectivity index (χ0) is 17.3. The molecule has 0 saturated heterocycles. The Hall–Kier alpha value is -2.40. The molecule has 0 atom stereocenters. The lowest BCUT2D eigenvalue weighted by atomic mass is 9.92. The molecule has 0 amide bonds. The van der Waals surface area contributed by atoms with Gasteiger partial charge in [-0.25, -0.2) is 4.98 Å². The minimum Gasteiger partial charge on any atom is -0.495 e. The molecule has 3 rings (SSSR count). The largest absolute Gasteiger partial charge is 0.495 e. The van der Waals surface area contributed by atoms with Gasteiger partial charge in [0.05, 0.1) is 23.5 Å². The first-order chi connectivity index (χ1) is 11.4. The Morgan fingerprint density at radius 1 is 1.12 bits per heavy atom. The third-order valence-electron chi connectivity index (χ3n) is 3.61. The van der Waals surface area contributed by atoms with Crippen LogP contribution in [0.15, 0.2) is 52.8 Å². The number of nitrogens with zero attached hydrogens (tertiary/aromatic N) is 4. The zero-order valence-corrected chi connectivity index (χ0v) is 14.9. The van der Waals surface area contributed by atoms with Crippen molar-refractivity contribution in [3.63, 3.8) is 0 Å². The van der Waals surface area contributed by atoms with Crippen LogP contribution in [0.3, 0.4) is 0 Å². The molecular formula is C18H19ClN4O. The summed E-state index contributed by atoms with van der Waals surface area (Å²) in [7, 11) is 1.58. The number of ether oxygens (including phenoxy) is 1. The highest BCUT2D eigenvalue weighted by atomic mass is 35.5. The van der Waals surface area contributed by atoms with Crippen LogP contribution in [-0.4, -0.2) is 16.5 Å². The molecular weight excluding hydrogens is 324 g/mol. The lowest BCUT2D eigenvalue weighted by molar-refractivity contribution is 0.415. The first kappa shape index (κ1) is 16.5. The minimum atomic E-state index is -0.141. The first-order valence-corrected chi connectivity index (χ1v) is 8.01. The van der Waals surface area contributed by atoms with E-state index in [0.29, 0.717) is 16.5 Å². The van der Waals surface area contributed by atoms with Crippen molar-refractivity contribution in [2.45, 2.75) is 26.2 Å². The molecule has 0 bridgehead atoms. The second kappa shape index (κ2) is 6.24. The molecule has 3 aromatic rings. The van der Waals surface area contributed by atoms with Crippen LogP contribution in [0.1, 0.15) is 26.5 Å². The molecule has 0 radical (unpaired) electrons. The van der Waals surface area contributed by atoms with Crippen LogP contribution < -0.4 is 4.74 Å². The number of hydrogen-bond acceptors (Lipinski definition) is 4. The minimum absolute atomic E-state index is 0.141. The fourth-order valence-corrected chi connectivity index (χ4v) is 2.66. The van der Waals surface area contributed by atoms with Crippen LogP contribution >= 0.6 is 11.6 Å². The third-order valence-corrected chi connectivity index (χ3v) is 3.91. The summed E-state index contributed by atoms with van der Waals surface area (Å²) in [5.41, 5.74) is 2.27. The molecule has 0 aliphatic carbocycles. The van der Waals surface area contributed by atoms with E-state index in [1.165, 1.54) is 0 Å². The van der Waals surface area contributed by atoms with Crippen LogP contribution in [0.4, 0.5) is 11.5 Å². The average Bonchev–Trinajstić information content (AvgIpc) is 2.92. The summed E-state index contributed by atoms with van der Waals surface area (Å²) in [6, 6.07) is 11.2. The second-order valence-corrected chi connectivity index (χ2v) is 6.89. The molecule has 0 saturated carbocycles. The SMILES string of the molecule is COc1ccc(N=Nc2c(C(C)(C)C)nc3ccccn23)cc1Cl. The van der Waals surface area contributed by atoms with Gasteiger partial charge in [-0.05, 0) is 30.3 Å². The number of imidazole rings is 1. The molecule has 124 valence electrons. The number of benzene rings is 1. The summed E-state index contributed by atoms with van der Waals surface area (Å²) >= 11 is 6.14. The molecule has 6 heteroatoms. The van der Waals surface area contributed by atoms with Crippen LogP contribution in [0, 0.1) is 0 Å². The van der Waals surface area contributed by atoms with Crippen molar-refractivity contribution in [2.24, 2.45) is 10.2 Å². The molecule has 0 spiro atoms. The van der Waals surface area contributed by atoms with Crippen molar-refractivity contribution in [1.82, 2.24) is 9.38 Å². The van der Waals surface area contributed by atoms with Crippen LogP contribution in [0.5, 0.6) is 5.75 Å². The number of pyridine rings is 1. The molecule has 0 aliphatic heterocycles. The van der Waals surface area contributed by atoms with E-state index in [1.807, 2.05) is 34.9 Å². The fourth-order valence-electron chi connectivity index (χ4n) is 2.40. The van der Waals surface area contributed by atoms with Crippen LogP contribution in [0.2, 0.25) is 5.02 Å². The summed E-state index contributed by atoms with van der Waals surface area (Å²) in [6.07, 6.45) is 1.94. The quantitative estimate of drug-likeness (QED) is 0.572. The van der Waals surface area contributed by atoms with Crippen LogP contribution in [-0.2, 0) is 5.41 Å². The van der Waals surface area contributed by atoms with E-state index in [2.05, 4.69) is 31.0 Å². The highest BCUT2D eigenvalue weighted by Crippen LogP contribution is 2.34. The highest BCUT2D eigenvalue weighted by Gasteiger charge is 2.24. The van der Waals surface area contributed by atoms with Crippen molar-refractivity contribution in [3.05, 3.63) is 53.3 Å². The Kier molecular flexibility index (Phi) is 4.28. The van der Waals surface area contributed by atoms with Gasteiger partial charge < -0.3 is 4.74 Å². The predicted molar refractivity (Wildman–Crippen MR) is 96.1 cm³/mol. The number of methoxy groups -OCH3 is 1.